The fraction of sp³-hybridized carbons (Fsp3) is 0.417. The molecule has 186 valence electrons. The smallest absolute Gasteiger partial charge is 0.244 e. The molecule has 2 rings (SSSR count). The number of benzene rings is 2. The van der Waals surface area contributed by atoms with Gasteiger partial charge in [0.1, 0.15) is 18.4 Å². The van der Waals surface area contributed by atoms with E-state index in [2.05, 4.69) is 5.32 Å². The van der Waals surface area contributed by atoms with E-state index in [1.807, 2.05) is 13.8 Å². The molecule has 0 aliphatic rings. The molecule has 2 aromatic rings. The predicted molar refractivity (Wildman–Crippen MR) is 133 cm³/mol. The fourth-order valence-corrected chi connectivity index (χ4v) is 4.36. The Hall–Kier alpha value is -2.65. The Labute approximate surface area is 205 Å². The SMILES string of the molecule is CC[C@@H](C)NC(=O)[C@H](CC)N(Cc1ccc(Cl)cc1)C(=O)CN(c1cccc(F)c1)S(C)(=O)=O. The van der Waals surface area contributed by atoms with Crippen molar-refractivity contribution >= 4 is 39.1 Å². The molecular weight excluding hydrogens is 481 g/mol. The maximum atomic E-state index is 13.8. The summed E-state index contributed by atoms with van der Waals surface area (Å²) in [5.41, 5.74) is 0.753. The summed E-state index contributed by atoms with van der Waals surface area (Å²) in [6.07, 6.45) is 1.98. The predicted octanol–water partition coefficient (Wildman–Crippen LogP) is 3.97. The van der Waals surface area contributed by atoms with Crippen molar-refractivity contribution in [3.8, 4) is 0 Å². The third-order valence-electron chi connectivity index (χ3n) is 5.43. The molecule has 1 N–H and O–H groups in total. The molecule has 0 aromatic heterocycles. The van der Waals surface area contributed by atoms with Crippen molar-refractivity contribution in [1.82, 2.24) is 10.2 Å². The van der Waals surface area contributed by atoms with Gasteiger partial charge in [-0.25, -0.2) is 12.8 Å². The molecule has 10 heteroatoms. The third kappa shape index (κ3) is 7.70. The van der Waals surface area contributed by atoms with Crippen molar-refractivity contribution in [3.63, 3.8) is 0 Å². The fourth-order valence-electron chi connectivity index (χ4n) is 3.39. The van der Waals surface area contributed by atoms with Crippen LogP contribution in [0.5, 0.6) is 0 Å². The molecule has 34 heavy (non-hydrogen) atoms. The summed E-state index contributed by atoms with van der Waals surface area (Å²) in [7, 11) is -3.92. The van der Waals surface area contributed by atoms with E-state index in [-0.39, 0.29) is 24.2 Å². The second-order valence-corrected chi connectivity index (χ2v) is 10.5. The van der Waals surface area contributed by atoms with E-state index in [9.17, 15) is 22.4 Å². The van der Waals surface area contributed by atoms with Gasteiger partial charge in [-0.1, -0.05) is 43.6 Å². The zero-order valence-electron chi connectivity index (χ0n) is 19.8. The summed E-state index contributed by atoms with van der Waals surface area (Å²) < 4.78 is 39.6. The number of carbonyl (C=O) groups is 2. The van der Waals surface area contributed by atoms with Gasteiger partial charge in [0.2, 0.25) is 21.8 Å². The number of carbonyl (C=O) groups excluding carboxylic acids is 2. The highest BCUT2D eigenvalue weighted by Gasteiger charge is 2.32. The Morgan fingerprint density at radius 2 is 1.74 bits per heavy atom. The van der Waals surface area contributed by atoms with Crippen LogP contribution in [0.1, 0.15) is 39.2 Å². The Balaban J connectivity index is 2.43. The van der Waals surface area contributed by atoms with E-state index in [1.54, 1.807) is 31.2 Å². The normalized spacial score (nSPS) is 13.1. The maximum absolute atomic E-state index is 13.8. The van der Waals surface area contributed by atoms with E-state index in [1.165, 1.54) is 23.1 Å². The average Bonchev–Trinajstić information content (AvgIpc) is 2.77. The van der Waals surface area contributed by atoms with Crippen LogP contribution in [0.15, 0.2) is 48.5 Å². The van der Waals surface area contributed by atoms with Crippen LogP contribution in [0.2, 0.25) is 5.02 Å². The number of hydrogen-bond acceptors (Lipinski definition) is 4. The molecule has 2 atom stereocenters. The summed E-state index contributed by atoms with van der Waals surface area (Å²) in [6, 6.07) is 10.9. The molecule has 7 nitrogen and oxygen atoms in total. The Morgan fingerprint density at radius 1 is 1.09 bits per heavy atom. The summed E-state index contributed by atoms with van der Waals surface area (Å²) in [5.74, 6) is -1.54. The van der Waals surface area contributed by atoms with E-state index >= 15 is 0 Å². The average molecular weight is 512 g/mol. The van der Waals surface area contributed by atoms with Gasteiger partial charge in [0.15, 0.2) is 0 Å². The summed E-state index contributed by atoms with van der Waals surface area (Å²) in [6.45, 7) is 5.08. The summed E-state index contributed by atoms with van der Waals surface area (Å²) in [4.78, 5) is 27.9. The number of nitrogens with one attached hydrogen (secondary N) is 1. The highest BCUT2D eigenvalue weighted by Crippen LogP contribution is 2.21. The topological polar surface area (TPSA) is 86.8 Å². The molecule has 0 saturated carbocycles. The molecular formula is C24H31ClFN3O4S. The molecule has 0 aliphatic carbocycles. The van der Waals surface area contributed by atoms with Crippen LogP contribution in [0.4, 0.5) is 10.1 Å². The van der Waals surface area contributed by atoms with Crippen LogP contribution in [-0.4, -0.2) is 50.0 Å². The van der Waals surface area contributed by atoms with Gasteiger partial charge in [-0.15, -0.1) is 0 Å². The second kappa shape index (κ2) is 12.2. The molecule has 0 saturated heterocycles. The second-order valence-electron chi connectivity index (χ2n) is 8.14. The summed E-state index contributed by atoms with van der Waals surface area (Å²) in [5, 5.41) is 3.42. The highest BCUT2D eigenvalue weighted by atomic mass is 35.5. The maximum Gasteiger partial charge on any atom is 0.244 e. The lowest BCUT2D eigenvalue weighted by molar-refractivity contribution is -0.140. The van der Waals surface area contributed by atoms with E-state index in [0.717, 1.165) is 22.2 Å². The lowest BCUT2D eigenvalue weighted by Gasteiger charge is -2.33. The van der Waals surface area contributed by atoms with Crippen molar-refractivity contribution in [2.45, 2.75) is 52.2 Å². The minimum atomic E-state index is -3.92. The number of nitrogens with zero attached hydrogens (tertiary/aromatic N) is 2. The van der Waals surface area contributed by atoms with Gasteiger partial charge in [-0.05, 0) is 55.7 Å². The first-order chi connectivity index (χ1) is 16.0. The first-order valence-electron chi connectivity index (χ1n) is 11.0. The van der Waals surface area contributed by atoms with Gasteiger partial charge in [-0.2, -0.15) is 0 Å². The van der Waals surface area contributed by atoms with Crippen molar-refractivity contribution in [1.29, 1.82) is 0 Å². The van der Waals surface area contributed by atoms with Crippen LogP contribution in [0, 0.1) is 5.82 Å². The Kier molecular flexibility index (Phi) is 9.88. The van der Waals surface area contributed by atoms with Crippen molar-refractivity contribution in [2.24, 2.45) is 0 Å². The molecule has 0 radical (unpaired) electrons. The van der Waals surface area contributed by atoms with Gasteiger partial charge in [0.05, 0.1) is 11.9 Å². The lowest BCUT2D eigenvalue weighted by Crippen LogP contribution is -2.53. The first-order valence-corrected chi connectivity index (χ1v) is 13.3. The minimum Gasteiger partial charge on any atom is -0.352 e. The van der Waals surface area contributed by atoms with Gasteiger partial charge in [0, 0.05) is 17.6 Å². The number of hydrogen-bond donors (Lipinski definition) is 1. The zero-order valence-corrected chi connectivity index (χ0v) is 21.4. The van der Waals surface area contributed by atoms with Crippen molar-refractivity contribution in [2.75, 3.05) is 17.1 Å². The molecule has 0 fully saturated rings. The number of halogens is 2. The summed E-state index contributed by atoms with van der Waals surface area (Å²) >= 11 is 5.98. The van der Waals surface area contributed by atoms with Crippen LogP contribution < -0.4 is 9.62 Å². The Morgan fingerprint density at radius 3 is 2.26 bits per heavy atom. The quantitative estimate of drug-likeness (QED) is 0.494. The standard InChI is InChI=1S/C24H31ClFN3O4S/c1-5-17(3)27-24(31)22(6-2)28(15-18-10-12-19(25)13-11-18)23(30)16-29(34(4,32)33)21-9-7-8-20(26)14-21/h7-14,17,22H,5-6,15-16H2,1-4H3,(H,27,31)/t17-,22+/m1/s1. The largest absolute Gasteiger partial charge is 0.352 e. The number of rotatable bonds is 11. The van der Waals surface area contributed by atoms with E-state index < -0.39 is 34.3 Å². The van der Waals surface area contributed by atoms with Crippen LogP contribution in [0.3, 0.4) is 0 Å². The zero-order chi connectivity index (χ0) is 25.5. The van der Waals surface area contributed by atoms with Crippen LogP contribution in [-0.2, 0) is 26.2 Å². The van der Waals surface area contributed by atoms with Crippen molar-refractivity contribution in [3.05, 3.63) is 64.9 Å². The first kappa shape index (κ1) is 27.6. The molecule has 2 amide bonds. The van der Waals surface area contributed by atoms with Crippen molar-refractivity contribution < 1.29 is 22.4 Å². The Bertz CT molecular complexity index is 1100. The van der Waals surface area contributed by atoms with Gasteiger partial charge in [-0.3, -0.25) is 13.9 Å². The molecule has 2 aromatic carbocycles. The van der Waals surface area contributed by atoms with Crippen LogP contribution in [0.25, 0.3) is 0 Å². The van der Waals surface area contributed by atoms with Gasteiger partial charge in [0.25, 0.3) is 0 Å². The number of anilines is 1. The molecule has 0 aliphatic heterocycles. The van der Waals surface area contributed by atoms with E-state index in [0.29, 0.717) is 17.9 Å². The molecule has 0 unspecified atom stereocenters. The number of sulfonamides is 1. The molecule has 0 spiro atoms. The van der Waals surface area contributed by atoms with Gasteiger partial charge < -0.3 is 10.2 Å². The molecule has 0 heterocycles. The number of amides is 2. The lowest BCUT2D eigenvalue weighted by atomic mass is 10.1. The highest BCUT2D eigenvalue weighted by molar-refractivity contribution is 7.92. The van der Waals surface area contributed by atoms with Gasteiger partial charge >= 0.3 is 0 Å². The third-order valence-corrected chi connectivity index (χ3v) is 6.82. The molecule has 0 bridgehead atoms. The van der Waals surface area contributed by atoms with E-state index in [4.69, 9.17) is 11.6 Å². The monoisotopic (exact) mass is 511 g/mol. The minimum absolute atomic E-state index is 0.0272. The van der Waals surface area contributed by atoms with Crippen LogP contribution >= 0.6 is 11.6 Å².